The molecule has 0 aliphatic rings. The van der Waals surface area contributed by atoms with Gasteiger partial charge in [0.15, 0.2) is 0 Å². The predicted octanol–water partition coefficient (Wildman–Crippen LogP) is 3.63. The Morgan fingerprint density at radius 2 is 2.05 bits per heavy atom. The number of hydrogen-bond acceptors (Lipinski definition) is 5. The molecule has 0 amide bonds. The van der Waals surface area contributed by atoms with Gasteiger partial charge in [-0.2, -0.15) is 0 Å². The Kier molecular flexibility index (Phi) is 4.07. The summed E-state index contributed by atoms with van der Waals surface area (Å²) in [4.78, 5) is 10.6. The number of nitrogen functional groups attached to an aromatic ring is 1. The number of para-hydroxylation sites is 1. The Hall–Kier alpha value is -2.31. The number of halogens is 1. The van der Waals surface area contributed by atoms with Crippen molar-refractivity contribution in [1.82, 2.24) is 0 Å². The molecule has 0 saturated heterocycles. The summed E-state index contributed by atoms with van der Waals surface area (Å²) in [5.74, 6) is 5.67. The van der Waals surface area contributed by atoms with E-state index in [2.05, 4.69) is 5.43 Å². The molecule has 0 atom stereocenters. The molecule has 2 aromatic carbocycles. The molecule has 0 aliphatic carbocycles. The third kappa shape index (κ3) is 2.81. The Morgan fingerprint density at radius 1 is 1.30 bits per heavy atom. The summed E-state index contributed by atoms with van der Waals surface area (Å²) >= 11 is 6.05. The highest BCUT2D eigenvalue weighted by Gasteiger charge is 2.21. The van der Waals surface area contributed by atoms with Crippen LogP contribution in [0.2, 0.25) is 5.02 Å². The predicted molar refractivity (Wildman–Crippen MR) is 77.2 cm³/mol. The molecule has 7 heteroatoms. The lowest BCUT2D eigenvalue weighted by Crippen LogP contribution is -2.09. The molecule has 3 N–H and O–H groups in total. The molecule has 0 unspecified atom stereocenters. The summed E-state index contributed by atoms with van der Waals surface area (Å²) in [6.07, 6.45) is 0. The van der Waals surface area contributed by atoms with Crippen molar-refractivity contribution in [3.05, 3.63) is 57.1 Å². The number of ether oxygens (including phenoxy) is 1. The van der Waals surface area contributed by atoms with Gasteiger partial charge in [0.05, 0.1) is 9.95 Å². The number of anilines is 1. The minimum absolute atomic E-state index is 0.0659. The maximum Gasteiger partial charge on any atom is 0.335 e. The maximum absolute atomic E-state index is 11.1. The molecule has 0 radical (unpaired) electrons. The van der Waals surface area contributed by atoms with Crippen LogP contribution in [0.1, 0.15) is 5.56 Å². The van der Waals surface area contributed by atoms with Gasteiger partial charge in [-0.05, 0) is 36.8 Å². The van der Waals surface area contributed by atoms with E-state index in [1.165, 1.54) is 12.1 Å². The molecular formula is C13H12ClN3O3. The first-order valence-electron chi connectivity index (χ1n) is 5.71. The van der Waals surface area contributed by atoms with Gasteiger partial charge in [0.1, 0.15) is 11.4 Å². The fraction of sp³-hybridized carbons (Fsp3) is 0.0769. The monoisotopic (exact) mass is 293 g/mol. The summed E-state index contributed by atoms with van der Waals surface area (Å²) < 4.78 is 5.53. The minimum Gasteiger partial charge on any atom is -0.448 e. The average molecular weight is 294 g/mol. The highest BCUT2D eigenvalue weighted by molar-refractivity contribution is 6.32. The highest BCUT2D eigenvalue weighted by atomic mass is 35.5. The summed E-state index contributed by atoms with van der Waals surface area (Å²) in [7, 11) is 0. The van der Waals surface area contributed by atoms with Gasteiger partial charge in [0.25, 0.3) is 0 Å². The van der Waals surface area contributed by atoms with Gasteiger partial charge in [-0.25, -0.2) is 0 Å². The Morgan fingerprint density at radius 3 is 2.65 bits per heavy atom. The van der Waals surface area contributed by atoms with Gasteiger partial charge in [-0.15, -0.1) is 0 Å². The van der Waals surface area contributed by atoms with Crippen molar-refractivity contribution < 1.29 is 9.66 Å². The first-order valence-corrected chi connectivity index (χ1v) is 6.08. The Labute approximate surface area is 120 Å². The van der Waals surface area contributed by atoms with E-state index in [0.29, 0.717) is 10.8 Å². The molecular weight excluding hydrogens is 282 g/mol. The summed E-state index contributed by atoms with van der Waals surface area (Å²) in [5.41, 5.74) is 3.16. The first-order chi connectivity index (χ1) is 9.52. The number of aryl methyl sites for hydroxylation is 1. The fourth-order valence-electron chi connectivity index (χ4n) is 1.72. The summed E-state index contributed by atoms with van der Waals surface area (Å²) in [5, 5.41) is 11.5. The molecule has 0 saturated carbocycles. The zero-order chi connectivity index (χ0) is 14.7. The standard InChI is InChI=1S/C13H12ClN3O3/c1-8-5-6-11(9(14)7-8)20-12-4-2-3-10(16-15)13(12)17(18)19/h2-7,16H,15H2,1H3. The highest BCUT2D eigenvalue weighted by Crippen LogP contribution is 2.39. The molecule has 6 nitrogen and oxygen atoms in total. The number of hydrogen-bond donors (Lipinski definition) is 2. The van der Waals surface area contributed by atoms with E-state index in [-0.39, 0.29) is 17.1 Å². The lowest BCUT2D eigenvalue weighted by atomic mass is 10.2. The molecule has 0 aromatic heterocycles. The van der Waals surface area contributed by atoms with Crippen molar-refractivity contribution in [3.63, 3.8) is 0 Å². The second kappa shape index (κ2) is 5.77. The zero-order valence-corrected chi connectivity index (χ0v) is 11.3. The van der Waals surface area contributed by atoms with Crippen LogP contribution in [0.15, 0.2) is 36.4 Å². The quantitative estimate of drug-likeness (QED) is 0.510. The van der Waals surface area contributed by atoms with Crippen LogP contribution in [0.25, 0.3) is 0 Å². The van der Waals surface area contributed by atoms with Gasteiger partial charge in [0.2, 0.25) is 5.75 Å². The van der Waals surface area contributed by atoms with E-state index in [0.717, 1.165) is 5.56 Å². The Balaban J connectivity index is 2.45. The summed E-state index contributed by atoms with van der Waals surface area (Å²) in [6, 6.07) is 9.74. The van der Waals surface area contributed by atoms with E-state index < -0.39 is 4.92 Å². The van der Waals surface area contributed by atoms with Crippen molar-refractivity contribution in [2.45, 2.75) is 6.92 Å². The second-order valence-electron chi connectivity index (χ2n) is 4.09. The van der Waals surface area contributed by atoms with Crippen molar-refractivity contribution >= 4 is 23.0 Å². The van der Waals surface area contributed by atoms with Gasteiger partial charge < -0.3 is 10.2 Å². The molecule has 0 aliphatic heterocycles. The van der Waals surface area contributed by atoms with Gasteiger partial charge in [0, 0.05) is 0 Å². The normalized spacial score (nSPS) is 10.2. The van der Waals surface area contributed by atoms with Crippen molar-refractivity contribution in [2.24, 2.45) is 5.84 Å². The van der Waals surface area contributed by atoms with Gasteiger partial charge in [-0.3, -0.25) is 16.0 Å². The Bertz CT molecular complexity index is 661. The zero-order valence-electron chi connectivity index (χ0n) is 10.6. The van der Waals surface area contributed by atoms with Gasteiger partial charge in [-0.1, -0.05) is 23.7 Å². The second-order valence-corrected chi connectivity index (χ2v) is 4.50. The first kappa shape index (κ1) is 14.1. The lowest BCUT2D eigenvalue weighted by molar-refractivity contribution is -0.384. The number of hydrazine groups is 1. The number of nitrogens with one attached hydrogen (secondary N) is 1. The molecule has 0 spiro atoms. The van der Waals surface area contributed by atoms with Crippen LogP contribution in [0.5, 0.6) is 11.5 Å². The molecule has 0 bridgehead atoms. The molecule has 0 fully saturated rings. The number of rotatable bonds is 4. The fourth-order valence-corrected chi connectivity index (χ4v) is 1.99. The third-order valence-corrected chi connectivity index (χ3v) is 2.94. The van der Waals surface area contributed by atoms with Crippen LogP contribution < -0.4 is 16.0 Å². The van der Waals surface area contributed by atoms with Crippen LogP contribution >= 0.6 is 11.6 Å². The van der Waals surface area contributed by atoms with Crippen LogP contribution in [0.3, 0.4) is 0 Å². The SMILES string of the molecule is Cc1ccc(Oc2cccc(NN)c2[N+](=O)[O-])c(Cl)c1. The van der Waals surface area contributed by atoms with E-state index in [1.807, 2.05) is 6.92 Å². The van der Waals surface area contributed by atoms with Crippen LogP contribution in [-0.4, -0.2) is 4.92 Å². The van der Waals surface area contributed by atoms with E-state index in [4.69, 9.17) is 22.2 Å². The number of benzene rings is 2. The van der Waals surface area contributed by atoms with Crippen LogP contribution in [0, 0.1) is 17.0 Å². The van der Waals surface area contributed by atoms with Crippen molar-refractivity contribution in [2.75, 3.05) is 5.43 Å². The van der Waals surface area contributed by atoms with Crippen molar-refractivity contribution in [3.8, 4) is 11.5 Å². The van der Waals surface area contributed by atoms with Crippen LogP contribution in [-0.2, 0) is 0 Å². The molecule has 20 heavy (non-hydrogen) atoms. The molecule has 104 valence electrons. The summed E-state index contributed by atoms with van der Waals surface area (Å²) in [6.45, 7) is 1.89. The largest absolute Gasteiger partial charge is 0.448 e. The average Bonchev–Trinajstić information content (AvgIpc) is 2.41. The smallest absolute Gasteiger partial charge is 0.335 e. The lowest BCUT2D eigenvalue weighted by Gasteiger charge is -2.10. The van der Waals surface area contributed by atoms with Crippen LogP contribution in [0.4, 0.5) is 11.4 Å². The maximum atomic E-state index is 11.1. The number of nitro benzene ring substituents is 1. The third-order valence-electron chi connectivity index (χ3n) is 2.64. The molecule has 0 heterocycles. The molecule has 2 rings (SSSR count). The topological polar surface area (TPSA) is 90.4 Å². The van der Waals surface area contributed by atoms with E-state index in [9.17, 15) is 10.1 Å². The minimum atomic E-state index is -0.563. The van der Waals surface area contributed by atoms with Crippen molar-refractivity contribution in [1.29, 1.82) is 0 Å². The van der Waals surface area contributed by atoms with Gasteiger partial charge >= 0.3 is 5.69 Å². The molecule has 2 aromatic rings. The van der Waals surface area contributed by atoms with E-state index in [1.54, 1.807) is 24.3 Å². The number of nitrogens with zero attached hydrogens (tertiary/aromatic N) is 1. The van der Waals surface area contributed by atoms with E-state index >= 15 is 0 Å². The number of nitrogens with two attached hydrogens (primary N) is 1. The number of nitro groups is 1.